The molecule has 5 heteroatoms. The first-order valence-electron chi connectivity index (χ1n) is 7.57. The highest BCUT2D eigenvalue weighted by Crippen LogP contribution is 2.27. The van der Waals surface area contributed by atoms with Gasteiger partial charge in [0.1, 0.15) is 5.69 Å². The van der Waals surface area contributed by atoms with Crippen LogP contribution in [-0.4, -0.2) is 22.2 Å². The van der Waals surface area contributed by atoms with E-state index in [0.717, 1.165) is 18.5 Å². The van der Waals surface area contributed by atoms with Gasteiger partial charge in [-0.3, -0.25) is 9.59 Å². The SMILES string of the molecule is CC(C)n1nc(C(=O)N2CCCc3ccccc32)ccc1=O. The van der Waals surface area contributed by atoms with Gasteiger partial charge < -0.3 is 4.90 Å². The Morgan fingerprint density at radius 1 is 1.18 bits per heavy atom. The van der Waals surface area contributed by atoms with Gasteiger partial charge in [0.15, 0.2) is 0 Å². The molecule has 5 nitrogen and oxygen atoms in total. The van der Waals surface area contributed by atoms with Crippen LogP contribution in [0, 0.1) is 0 Å². The second-order valence-corrected chi connectivity index (χ2v) is 5.78. The number of rotatable bonds is 2. The molecule has 22 heavy (non-hydrogen) atoms. The number of amides is 1. The van der Waals surface area contributed by atoms with Crippen molar-refractivity contribution in [2.24, 2.45) is 0 Å². The van der Waals surface area contributed by atoms with Crippen molar-refractivity contribution in [1.29, 1.82) is 0 Å². The minimum absolute atomic E-state index is 0.0751. The van der Waals surface area contributed by atoms with E-state index in [-0.39, 0.29) is 17.5 Å². The van der Waals surface area contributed by atoms with E-state index in [0.29, 0.717) is 12.2 Å². The predicted molar refractivity (Wildman–Crippen MR) is 85.3 cm³/mol. The molecule has 1 aromatic carbocycles. The van der Waals surface area contributed by atoms with E-state index in [2.05, 4.69) is 11.2 Å². The number of hydrogen-bond acceptors (Lipinski definition) is 3. The van der Waals surface area contributed by atoms with Crippen LogP contribution >= 0.6 is 0 Å². The van der Waals surface area contributed by atoms with Crippen LogP contribution in [0.4, 0.5) is 5.69 Å². The smallest absolute Gasteiger partial charge is 0.278 e. The lowest BCUT2D eigenvalue weighted by molar-refractivity contribution is 0.0977. The van der Waals surface area contributed by atoms with Gasteiger partial charge in [0.05, 0.1) is 6.04 Å². The lowest BCUT2D eigenvalue weighted by Gasteiger charge is -2.29. The molecule has 0 aliphatic carbocycles. The summed E-state index contributed by atoms with van der Waals surface area (Å²) in [7, 11) is 0. The Hall–Kier alpha value is -2.43. The Morgan fingerprint density at radius 2 is 1.95 bits per heavy atom. The first-order valence-corrected chi connectivity index (χ1v) is 7.57. The maximum atomic E-state index is 12.8. The minimum Gasteiger partial charge on any atom is -0.307 e. The van der Waals surface area contributed by atoms with E-state index in [1.54, 1.807) is 4.90 Å². The Labute approximate surface area is 129 Å². The molecule has 1 aliphatic heterocycles. The quantitative estimate of drug-likeness (QED) is 0.855. The van der Waals surface area contributed by atoms with Gasteiger partial charge in [-0.25, -0.2) is 4.68 Å². The molecule has 1 aromatic heterocycles. The zero-order chi connectivity index (χ0) is 15.7. The highest BCUT2D eigenvalue weighted by molar-refractivity contribution is 6.05. The molecular weight excluding hydrogens is 278 g/mol. The molecule has 0 atom stereocenters. The fourth-order valence-corrected chi connectivity index (χ4v) is 2.79. The van der Waals surface area contributed by atoms with Crippen molar-refractivity contribution < 1.29 is 4.79 Å². The average molecular weight is 297 g/mol. The Balaban J connectivity index is 1.99. The van der Waals surface area contributed by atoms with Crippen LogP contribution in [0.15, 0.2) is 41.2 Å². The highest BCUT2D eigenvalue weighted by Gasteiger charge is 2.24. The van der Waals surface area contributed by atoms with Gasteiger partial charge in [0, 0.05) is 18.3 Å². The fourth-order valence-electron chi connectivity index (χ4n) is 2.79. The number of aromatic nitrogens is 2. The number of hydrogen-bond donors (Lipinski definition) is 0. The second-order valence-electron chi connectivity index (χ2n) is 5.78. The highest BCUT2D eigenvalue weighted by atomic mass is 16.2. The Morgan fingerprint density at radius 3 is 2.73 bits per heavy atom. The summed E-state index contributed by atoms with van der Waals surface area (Å²) in [6.45, 7) is 4.43. The lowest BCUT2D eigenvalue weighted by Crippen LogP contribution is -2.37. The molecule has 0 N–H and O–H groups in total. The van der Waals surface area contributed by atoms with Crippen molar-refractivity contribution >= 4 is 11.6 Å². The van der Waals surface area contributed by atoms with Crippen molar-refractivity contribution in [3.05, 3.63) is 58.0 Å². The van der Waals surface area contributed by atoms with Crippen molar-refractivity contribution in [1.82, 2.24) is 9.78 Å². The van der Waals surface area contributed by atoms with Gasteiger partial charge in [0.25, 0.3) is 11.5 Å². The molecule has 1 amide bonds. The van der Waals surface area contributed by atoms with Crippen molar-refractivity contribution in [3.63, 3.8) is 0 Å². The van der Waals surface area contributed by atoms with Crippen LogP contribution in [0.3, 0.4) is 0 Å². The van der Waals surface area contributed by atoms with Gasteiger partial charge in [-0.15, -0.1) is 0 Å². The molecule has 2 heterocycles. The Bertz CT molecular complexity index is 764. The summed E-state index contributed by atoms with van der Waals surface area (Å²) >= 11 is 0. The summed E-state index contributed by atoms with van der Waals surface area (Å²) in [4.78, 5) is 26.3. The summed E-state index contributed by atoms with van der Waals surface area (Å²) in [5, 5.41) is 4.23. The summed E-state index contributed by atoms with van der Waals surface area (Å²) in [6, 6.07) is 10.8. The largest absolute Gasteiger partial charge is 0.307 e. The predicted octanol–water partition coefficient (Wildman–Crippen LogP) is 2.42. The zero-order valence-electron chi connectivity index (χ0n) is 12.8. The molecule has 0 radical (unpaired) electrons. The standard InChI is InChI=1S/C17H19N3O2/c1-12(2)20-16(21)10-9-14(18-20)17(22)19-11-5-7-13-6-3-4-8-15(13)19/h3-4,6,8-10,12H,5,7,11H2,1-2H3. The number of carbonyl (C=O) groups is 1. The molecule has 0 unspecified atom stereocenters. The van der Waals surface area contributed by atoms with E-state index >= 15 is 0 Å². The van der Waals surface area contributed by atoms with Crippen LogP contribution in [0.2, 0.25) is 0 Å². The number of fused-ring (bicyclic) bond motifs is 1. The molecule has 0 saturated heterocycles. The monoisotopic (exact) mass is 297 g/mol. The first-order chi connectivity index (χ1) is 10.6. The molecule has 3 rings (SSSR count). The third-order valence-electron chi connectivity index (χ3n) is 3.89. The van der Waals surface area contributed by atoms with Gasteiger partial charge in [0.2, 0.25) is 0 Å². The molecular formula is C17H19N3O2. The minimum atomic E-state index is -0.189. The van der Waals surface area contributed by atoms with Gasteiger partial charge >= 0.3 is 0 Å². The fraction of sp³-hybridized carbons (Fsp3) is 0.353. The summed E-state index contributed by atoms with van der Waals surface area (Å²) in [6.07, 6.45) is 1.92. The zero-order valence-corrected chi connectivity index (χ0v) is 12.8. The van der Waals surface area contributed by atoms with Crippen molar-refractivity contribution in [2.45, 2.75) is 32.7 Å². The van der Waals surface area contributed by atoms with E-state index in [1.807, 2.05) is 32.0 Å². The lowest BCUT2D eigenvalue weighted by atomic mass is 10.0. The number of carbonyl (C=O) groups excluding carboxylic acids is 1. The summed E-state index contributed by atoms with van der Waals surface area (Å²) in [5.41, 5.74) is 2.25. The van der Waals surface area contributed by atoms with E-state index in [4.69, 9.17) is 0 Å². The van der Waals surface area contributed by atoms with Crippen LogP contribution in [-0.2, 0) is 6.42 Å². The van der Waals surface area contributed by atoms with Crippen molar-refractivity contribution in [3.8, 4) is 0 Å². The average Bonchev–Trinajstić information content (AvgIpc) is 2.54. The number of para-hydroxylation sites is 1. The topological polar surface area (TPSA) is 55.2 Å². The molecule has 0 fully saturated rings. The van der Waals surface area contributed by atoms with Crippen LogP contribution in [0.5, 0.6) is 0 Å². The van der Waals surface area contributed by atoms with Crippen molar-refractivity contribution in [2.75, 3.05) is 11.4 Å². The number of nitrogens with zero attached hydrogens (tertiary/aromatic N) is 3. The maximum absolute atomic E-state index is 12.8. The first kappa shape index (κ1) is 14.5. The molecule has 0 bridgehead atoms. The Kier molecular flexibility index (Phi) is 3.79. The summed E-state index contributed by atoms with van der Waals surface area (Å²) in [5.74, 6) is -0.151. The second kappa shape index (κ2) is 5.75. The van der Waals surface area contributed by atoms with Crippen LogP contribution in [0.25, 0.3) is 0 Å². The van der Waals surface area contributed by atoms with Gasteiger partial charge in [-0.05, 0) is 44.4 Å². The normalized spacial score (nSPS) is 14.0. The molecule has 1 aliphatic rings. The van der Waals surface area contributed by atoms with E-state index in [1.165, 1.54) is 22.4 Å². The molecule has 0 spiro atoms. The van der Waals surface area contributed by atoms with E-state index < -0.39 is 0 Å². The summed E-state index contributed by atoms with van der Waals surface area (Å²) < 4.78 is 1.35. The maximum Gasteiger partial charge on any atom is 0.278 e. The third-order valence-corrected chi connectivity index (χ3v) is 3.89. The van der Waals surface area contributed by atoms with Gasteiger partial charge in [-0.1, -0.05) is 18.2 Å². The number of aryl methyl sites for hydroxylation is 1. The number of benzene rings is 1. The van der Waals surface area contributed by atoms with Crippen LogP contribution in [0.1, 0.15) is 42.4 Å². The van der Waals surface area contributed by atoms with E-state index in [9.17, 15) is 9.59 Å². The van der Waals surface area contributed by atoms with Crippen LogP contribution < -0.4 is 10.5 Å². The third kappa shape index (κ3) is 2.54. The molecule has 114 valence electrons. The van der Waals surface area contributed by atoms with Gasteiger partial charge in [-0.2, -0.15) is 5.10 Å². The molecule has 0 saturated carbocycles. The molecule has 2 aromatic rings. The number of anilines is 1.